The predicted octanol–water partition coefficient (Wildman–Crippen LogP) is 1.56. The number of amides is 1. The molecular weight excluding hydrogens is 321 g/mol. The predicted molar refractivity (Wildman–Crippen MR) is 67.4 cm³/mol. The molecule has 0 aromatic heterocycles. The van der Waals surface area contributed by atoms with E-state index in [0.29, 0.717) is 0 Å². The van der Waals surface area contributed by atoms with Crippen molar-refractivity contribution in [3.05, 3.63) is 34.1 Å². The third-order valence-electron chi connectivity index (χ3n) is 2.97. The van der Waals surface area contributed by atoms with Crippen molar-refractivity contribution in [1.29, 1.82) is 0 Å². The van der Waals surface area contributed by atoms with Crippen LogP contribution >= 0.6 is 15.9 Å². The number of nitrogens with one attached hydrogen (secondary N) is 1. The molecule has 1 aromatic rings. The summed E-state index contributed by atoms with van der Waals surface area (Å²) in [4.78, 5) is 23.2. The number of carboxylic acid groups (broad SMARTS) is 1. The van der Waals surface area contributed by atoms with Crippen molar-refractivity contribution in [3.8, 4) is 0 Å². The highest BCUT2D eigenvalue weighted by Gasteiger charge is 2.44. The standard InChI is InChI=1S/C12H11BrFNO4/c13-8-2-1-7(5-9(8)14)10(16)15-12(11(17)18)3-4-19-6-12/h1-2,5H,3-4,6H2,(H,15,16)(H,17,18). The zero-order valence-corrected chi connectivity index (χ0v) is 11.4. The average molecular weight is 332 g/mol. The minimum Gasteiger partial charge on any atom is -0.479 e. The van der Waals surface area contributed by atoms with Gasteiger partial charge in [0, 0.05) is 18.6 Å². The minimum atomic E-state index is -1.43. The Bertz CT molecular complexity index is 528. The maximum Gasteiger partial charge on any atom is 0.331 e. The fraction of sp³-hybridized carbons (Fsp3) is 0.333. The second-order valence-corrected chi connectivity index (χ2v) is 5.13. The third-order valence-corrected chi connectivity index (χ3v) is 3.61. The van der Waals surface area contributed by atoms with E-state index < -0.39 is 23.2 Å². The molecule has 7 heteroatoms. The van der Waals surface area contributed by atoms with Crippen LogP contribution in [0, 0.1) is 5.82 Å². The van der Waals surface area contributed by atoms with E-state index in [4.69, 9.17) is 4.74 Å². The summed E-state index contributed by atoms with van der Waals surface area (Å²) in [5.41, 5.74) is -1.37. The lowest BCUT2D eigenvalue weighted by atomic mass is 9.98. The highest BCUT2D eigenvalue weighted by atomic mass is 79.9. The molecule has 5 nitrogen and oxygen atoms in total. The molecule has 2 rings (SSSR count). The van der Waals surface area contributed by atoms with Gasteiger partial charge in [0.15, 0.2) is 5.54 Å². The van der Waals surface area contributed by atoms with Crippen LogP contribution in [0.4, 0.5) is 4.39 Å². The lowest BCUT2D eigenvalue weighted by molar-refractivity contribution is -0.144. The first kappa shape index (κ1) is 14.0. The number of carbonyl (C=O) groups is 2. The fourth-order valence-corrected chi connectivity index (χ4v) is 2.06. The molecule has 0 spiro atoms. The van der Waals surface area contributed by atoms with Gasteiger partial charge in [0.05, 0.1) is 11.1 Å². The zero-order valence-electron chi connectivity index (χ0n) is 9.78. The first-order valence-electron chi connectivity index (χ1n) is 5.53. The van der Waals surface area contributed by atoms with E-state index in [-0.39, 0.29) is 29.7 Å². The van der Waals surface area contributed by atoms with Crippen LogP contribution in [-0.4, -0.2) is 35.7 Å². The largest absolute Gasteiger partial charge is 0.479 e. The van der Waals surface area contributed by atoms with Crippen molar-refractivity contribution in [1.82, 2.24) is 5.32 Å². The van der Waals surface area contributed by atoms with Crippen LogP contribution < -0.4 is 5.32 Å². The number of halogens is 2. The van der Waals surface area contributed by atoms with Gasteiger partial charge < -0.3 is 15.2 Å². The molecule has 1 fully saturated rings. The molecule has 1 aliphatic rings. The number of carbonyl (C=O) groups excluding carboxylic acids is 1. The molecule has 1 aliphatic heterocycles. The molecule has 1 heterocycles. The molecule has 1 atom stereocenters. The van der Waals surface area contributed by atoms with E-state index in [1.54, 1.807) is 0 Å². The fourth-order valence-electron chi connectivity index (χ4n) is 1.81. The number of hydrogen-bond acceptors (Lipinski definition) is 3. The summed E-state index contributed by atoms with van der Waals surface area (Å²) in [5, 5.41) is 11.6. The Labute approximate surface area is 116 Å². The van der Waals surface area contributed by atoms with E-state index in [1.165, 1.54) is 12.1 Å². The zero-order chi connectivity index (χ0) is 14.0. The van der Waals surface area contributed by atoms with Crippen molar-refractivity contribution < 1.29 is 23.8 Å². The van der Waals surface area contributed by atoms with Gasteiger partial charge >= 0.3 is 5.97 Å². The molecule has 0 saturated carbocycles. The topological polar surface area (TPSA) is 75.6 Å². The summed E-state index contributed by atoms with van der Waals surface area (Å²) in [6.45, 7) is 0.175. The number of hydrogen-bond donors (Lipinski definition) is 2. The van der Waals surface area contributed by atoms with Gasteiger partial charge in [0.2, 0.25) is 0 Å². The van der Waals surface area contributed by atoms with Crippen molar-refractivity contribution in [3.63, 3.8) is 0 Å². The maximum atomic E-state index is 13.3. The monoisotopic (exact) mass is 331 g/mol. The van der Waals surface area contributed by atoms with E-state index in [1.807, 2.05) is 0 Å². The molecule has 1 aromatic carbocycles. The van der Waals surface area contributed by atoms with Gasteiger partial charge in [0.1, 0.15) is 5.82 Å². The molecule has 0 bridgehead atoms. The van der Waals surface area contributed by atoms with Gasteiger partial charge in [-0.1, -0.05) is 0 Å². The van der Waals surface area contributed by atoms with Crippen LogP contribution in [0.2, 0.25) is 0 Å². The van der Waals surface area contributed by atoms with E-state index in [0.717, 1.165) is 6.07 Å². The van der Waals surface area contributed by atoms with Crippen molar-refractivity contribution >= 4 is 27.8 Å². The first-order valence-corrected chi connectivity index (χ1v) is 6.33. The smallest absolute Gasteiger partial charge is 0.331 e. The van der Waals surface area contributed by atoms with Crippen LogP contribution in [0.3, 0.4) is 0 Å². The third kappa shape index (κ3) is 2.76. The summed E-state index contributed by atoms with van der Waals surface area (Å²) < 4.78 is 18.6. The molecule has 102 valence electrons. The highest BCUT2D eigenvalue weighted by molar-refractivity contribution is 9.10. The Balaban J connectivity index is 2.20. The molecule has 1 saturated heterocycles. The van der Waals surface area contributed by atoms with Gasteiger partial charge in [0.25, 0.3) is 5.91 Å². The highest BCUT2D eigenvalue weighted by Crippen LogP contribution is 2.21. The molecule has 1 amide bonds. The number of rotatable bonds is 3. The summed E-state index contributed by atoms with van der Waals surface area (Å²) in [6.07, 6.45) is 0.188. The molecular formula is C12H11BrFNO4. The van der Waals surface area contributed by atoms with Crippen LogP contribution in [0.15, 0.2) is 22.7 Å². The second kappa shape index (κ2) is 5.26. The minimum absolute atomic E-state index is 0.0632. The summed E-state index contributed by atoms with van der Waals surface area (Å²) in [7, 11) is 0. The van der Waals surface area contributed by atoms with Gasteiger partial charge in [-0.2, -0.15) is 0 Å². The molecule has 1 unspecified atom stereocenters. The lowest BCUT2D eigenvalue weighted by Gasteiger charge is -2.23. The Morgan fingerprint density at radius 3 is 2.74 bits per heavy atom. The number of carboxylic acids is 1. The quantitative estimate of drug-likeness (QED) is 0.881. The average Bonchev–Trinajstić information content (AvgIpc) is 2.82. The second-order valence-electron chi connectivity index (χ2n) is 4.27. The van der Waals surface area contributed by atoms with E-state index in [2.05, 4.69) is 21.2 Å². The van der Waals surface area contributed by atoms with Crippen molar-refractivity contribution in [2.45, 2.75) is 12.0 Å². The van der Waals surface area contributed by atoms with Crippen molar-refractivity contribution in [2.75, 3.05) is 13.2 Å². The Morgan fingerprint density at radius 1 is 1.47 bits per heavy atom. The van der Waals surface area contributed by atoms with Crippen LogP contribution in [-0.2, 0) is 9.53 Å². The number of aliphatic carboxylic acids is 1. The number of ether oxygens (including phenoxy) is 1. The van der Waals surface area contributed by atoms with E-state index >= 15 is 0 Å². The Morgan fingerprint density at radius 2 is 2.21 bits per heavy atom. The number of benzene rings is 1. The van der Waals surface area contributed by atoms with Gasteiger partial charge in [-0.25, -0.2) is 9.18 Å². The summed E-state index contributed by atoms with van der Waals surface area (Å²) in [6, 6.07) is 3.85. The Hall–Kier alpha value is -1.47. The normalized spacial score (nSPS) is 22.2. The SMILES string of the molecule is O=C(NC1(C(=O)O)CCOC1)c1ccc(Br)c(F)c1. The van der Waals surface area contributed by atoms with E-state index in [9.17, 15) is 19.1 Å². The first-order chi connectivity index (χ1) is 8.94. The van der Waals surface area contributed by atoms with Gasteiger partial charge in [-0.15, -0.1) is 0 Å². The van der Waals surface area contributed by atoms with Crippen LogP contribution in [0.25, 0.3) is 0 Å². The molecule has 19 heavy (non-hydrogen) atoms. The molecule has 0 aliphatic carbocycles. The van der Waals surface area contributed by atoms with Crippen LogP contribution in [0.5, 0.6) is 0 Å². The van der Waals surface area contributed by atoms with Gasteiger partial charge in [-0.05, 0) is 34.1 Å². The Kier molecular flexibility index (Phi) is 3.86. The lowest BCUT2D eigenvalue weighted by Crippen LogP contribution is -2.55. The maximum absolute atomic E-state index is 13.3. The van der Waals surface area contributed by atoms with Crippen molar-refractivity contribution in [2.24, 2.45) is 0 Å². The molecule has 0 radical (unpaired) electrons. The summed E-state index contributed by atoms with van der Waals surface area (Å²) >= 11 is 2.98. The summed E-state index contributed by atoms with van der Waals surface area (Å²) in [5.74, 6) is -2.38. The van der Waals surface area contributed by atoms with Gasteiger partial charge in [-0.3, -0.25) is 4.79 Å². The molecule has 2 N–H and O–H groups in total. The van der Waals surface area contributed by atoms with Crippen LogP contribution in [0.1, 0.15) is 16.8 Å².